The average molecular weight is 580 g/mol. The number of nitrogens with two attached hydrogens (primary N) is 1. The van der Waals surface area contributed by atoms with Gasteiger partial charge in [0.2, 0.25) is 5.91 Å². The van der Waals surface area contributed by atoms with Crippen LogP contribution in [0.25, 0.3) is 22.2 Å². The van der Waals surface area contributed by atoms with Crippen LogP contribution in [0.3, 0.4) is 0 Å². The van der Waals surface area contributed by atoms with Gasteiger partial charge < -0.3 is 15.6 Å². The van der Waals surface area contributed by atoms with Gasteiger partial charge in [0.15, 0.2) is 5.82 Å². The van der Waals surface area contributed by atoms with Gasteiger partial charge in [-0.25, -0.2) is 26.9 Å². The summed E-state index contributed by atoms with van der Waals surface area (Å²) in [5.74, 6) is -4.82. The SMILES string of the molecule is NC(=O)c1cc(-c2cccnc2[C@H](Cc2cc(F)cc(F)c2)NC(=O)Cn2c(C(F)F)nc3ccccc32)ccc1F. The second-order valence-electron chi connectivity index (χ2n) is 9.44. The number of nitrogens with one attached hydrogen (secondary N) is 1. The largest absolute Gasteiger partial charge is 0.366 e. The lowest BCUT2D eigenvalue weighted by Crippen LogP contribution is -2.34. The van der Waals surface area contributed by atoms with Gasteiger partial charge in [0.05, 0.1) is 28.3 Å². The van der Waals surface area contributed by atoms with Gasteiger partial charge in [-0.2, -0.15) is 0 Å². The first-order valence-corrected chi connectivity index (χ1v) is 12.6. The molecule has 1 atom stereocenters. The molecule has 2 aromatic heterocycles. The van der Waals surface area contributed by atoms with Crippen LogP contribution >= 0.6 is 0 Å². The number of para-hydroxylation sites is 2. The fourth-order valence-electron chi connectivity index (χ4n) is 4.81. The Hall–Kier alpha value is -5.13. The molecule has 42 heavy (non-hydrogen) atoms. The molecule has 0 unspecified atom stereocenters. The van der Waals surface area contributed by atoms with E-state index in [1.807, 2.05) is 0 Å². The standard InChI is InChI=1S/C30H22F5N5O2/c31-18-10-16(11-19(32)14-18)12-24(27-20(4-3-9-37-27)17-7-8-22(33)21(13-17)29(36)42)38-26(41)15-40-25-6-2-1-5-23(25)39-30(40)28(34)35/h1-11,13-14,24,28H,12,15H2,(H2,36,42)(H,38,41)/t24-/m0/s1. The predicted octanol–water partition coefficient (Wildman–Crippen LogP) is 5.65. The molecule has 5 rings (SSSR count). The van der Waals surface area contributed by atoms with Gasteiger partial charge in [0, 0.05) is 17.8 Å². The number of alkyl halides is 2. The van der Waals surface area contributed by atoms with E-state index in [9.17, 15) is 31.5 Å². The third kappa shape index (κ3) is 5.97. The Labute approximate surface area is 235 Å². The summed E-state index contributed by atoms with van der Waals surface area (Å²) in [5, 5.41) is 2.74. The van der Waals surface area contributed by atoms with Crippen molar-refractivity contribution in [2.24, 2.45) is 5.73 Å². The molecule has 0 radical (unpaired) electrons. The van der Waals surface area contributed by atoms with E-state index in [1.54, 1.807) is 36.4 Å². The minimum absolute atomic E-state index is 0.152. The number of halogens is 5. The zero-order chi connectivity index (χ0) is 30.0. The van der Waals surface area contributed by atoms with Gasteiger partial charge >= 0.3 is 0 Å². The number of hydrogen-bond donors (Lipinski definition) is 2. The Balaban J connectivity index is 1.55. The molecule has 5 aromatic rings. The number of primary amides is 1. The summed E-state index contributed by atoms with van der Waals surface area (Å²) in [7, 11) is 0. The molecule has 0 fully saturated rings. The minimum atomic E-state index is -2.96. The number of benzene rings is 3. The number of aromatic nitrogens is 3. The zero-order valence-corrected chi connectivity index (χ0v) is 21.7. The molecule has 0 aliphatic heterocycles. The fourth-order valence-corrected chi connectivity index (χ4v) is 4.81. The Kier molecular flexibility index (Phi) is 7.96. The molecule has 2 amide bonds. The van der Waals surface area contributed by atoms with E-state index >= 15 is 0 Å². The van der Waals surface area contributed by atoms with Crippen molar-refractivity contribution in [2.75, 3.05) is 0 Å². The van der Waals surface area contributed by atoms with Gasteiger partial charge in [-0.3, -0.25) is 14.6 Å². The monoisotopic (exact) mass is 579 g/mol. The number of carbonyl (C=O) groups excluding carboxylic acids is 2. The molecular weight excluding hydrogens is 557 g/mol. The minimum Gasteiger partial charge on any atom is -0.366 e. The quantitative estimate of drug-likeness (QED) is 0.220. The van der Waals surface area contributed by atoms with Crippen LogP contribution < -0.4 is 11.1 Å². The van der Waals surface area contributed by atoms with E-state index < -0.39 is 54.1 Å². The molecule has 0 saturated heterocycles. The fraction of sp³-hybridized carbons (Fsp3) is 0.133. The van der Waals surface area contributed by atoms with Crippen LogP contribution in [0.5, 0.6) is 0 Å². The van der Waals surface area contributed by atoms with Crippen LogP contribution in [0.1, 0.15) is 39.9 Å². The first kappa shape index (κ1) is 28.4. The summed E-state index contributed by atoms with van der Waals surface area (Å²) < 4.78 is 71.0. The highest BCUT2D eigenvalue weighted by Gasteiger charge is 2.25. The van der Waals surface area contributed by atoms with E-state index in [1.165, 1.54) is 18.3 Å². The van der Waals surface area contributed by atoms with Crippen molar-refractivity contribution < 1.29 is 31.5 Å². The van der Waals surface area contributed by atoms with Crippen molar-refractivity contribution in [3.8, 4) is 11.1 Å². The molecule has 0 aliphatic carbocycles. The van der Waals surface area contributed by atoms with Crippen LogP contribution in [0.15, 0.2) is 79.0 Å². The summed E-state index contributed by atoms with van der Waals surface area (Å²) >= 11 is 0. The highest BCUT2D eigenvalue weighted by molar-refractivity contribution is 5.94. The van der Waals surface area contributed by atoms with Gasteiger partial charge in [0.25, 0.3) is 12.3 Å². The van der Waals surface area contributed by atoms with Crippen LogP contribution in [-0.4, -0.2) is 26.3 Å². The highest BCUT2D eigenvalue weighted by Crippen LogP contribution is 2.31. The van der Waals surface area contributed by atoms with Crippen molar-refractivity contribution in [1.82, 2.24) is 19.9 Å². The predicted molar refractivity (Wildman–Crippen MR) is 144 cm³/mol. The molecule has 0 spiro atoms. The summed E-state index contributed by atoms with van der Waals surface area (Å²) in [6, 6.07) is 15.0. The van der Waals surface area contributed by atoms with E-state index in [0.29, 0.717) is 22.7 Å². The topological polar surface area (TPSA) is 103 Å². The number of nitrogens with zero attached hydrogens (tertiary/aromatic N) is 3. The van der Waals surface area contributed by atoms with Crippen molar-refractivity contribution in [3.63, 3.8) is 0 Å². The second-order valence-corrected chi connectivity index (χ2v) is 9.44. The second kappa shape index (κ2) is 11.8. The van der Waals surface area contributed by atoms with Crippen LogP contribution in [0.2, 0.25) is 0 Å². The average Bonchev–Trinajstić information content (AvgIpc) is 3.31. The Morgan fingerprint density at radius 1 is 0.929 bits per heavy atom. The van der Waals surface area contributed by atoms with Crippen LogP contribution in [-0.2, 0) is 17.8 Å². The lowest BCUT2D eigenvalue weighted by atomic mass is 9.94. The molecule has 3 N–H and O–H groups in total. The van der Waals surface area contributed by atoms with Crippen LogP contribution in [0, 0.1) is 17.5 Å². The number of amides is 2. The van der Waals surface area contributed by atoms with E-state index in [0.717, 1.165) is 22.8 Å². The van der Waals surface area contributed by atoms with Crippen molar-refractivity contribution >= 4 is 22.8 Å². The molecule has 0 saturated carbocycles. The van der Waals surface area contributed by atoms with Gasteiger partial charge in [-0.05, 0) is 60.0 Å². The van der Waals surface area contributed by atoms with E-state index in [2.05, 4.69) is 15.3 Å². The number of rotatable bonds is 9. The maximum Gasteiger partial charge on any atom is 0.295 e. The summed E-state index contributed by atoms with van der Waals surface area (Å²) in [6.45, 7) is -0.543. The molecule has 12 heteroatoms. The maximum absolute atomic E-state index is 14.2. The van der Waals surface area contributed by atoms with Gasteiger partial charge in [-0.15, -0.1) is 0 Å². The van der Waals surface area contributed by atoms with Gasteiger partial charge in [-0.1, -0.05) is 24.3 Å². The molecule has 7 nitrogen and oxygen atoms in total. The smallest absolute Gasteiger partial charge is 0.295 e. The number of carbonyl (C=O) groups is 2. The zero-order valence-electron chi connectivity index (χ0n) is 21.7. The Morgan fingerprint density at radius 3 is 2.38 bits per heavy atom. The molecule has 3 aromatic carbocycles. The lowest BCUT2D eigenvalue weighted by molar-refractivity contribution is -0.122. The summed E-state index contributed by atoms with van der Waals surface area (Å²) in [4.78, 5) is 33.5. The summed E-state index contributed by atoms with van der Waals surface area (Å²) in [6.07, 6.45) is -1.70. The first-order chi connectivity index (χ1) is 20.1. The van der Waals surface area contributed by atoms with Crippen molar-refractivity contribution in [1.29, 1.82) is 0 Å². The summed E-state index contributed by atoms with van der Waals surface area (Å²) in [5.41, 5.74) is 6.61. The first-order valence-electron chi connectivity index (χ1n) is 12.6. The number of hydrogen-bond acceptors (Lipinski definition) is 4. The third-order valence-electron chi connectivity index (χ3n) is 6.59. The Morgan fingerprint density at radius 2 is 1.67 bits per heavy atom. The lowest BCUT2D eigenvalue weighted by Gasteiger charge is -2.22. The number of imidazole rings is 1. The molecule has 0 aliphatic rings. The van der Waals surface area contributed by atoms with E-state index in [-0.39, 0.29) is 28.8 Å². The molecule has 2 heterocycles. The normalized spacial score (nSPS) is 12.0. The number of pyridine rings is 1. The van der Waals surface area contributed by atoms with Crippen LogP contribution in [0.4, 0.5) is 22.0 Å². The van der Waals surface area contributed by atoms with Crippen molar-refractivity contribution in [3.05, 3.63) is 119 Å². The van der Waals surface area contributed by atoms with Gasteiger partial charge in [0.1, 0.15) is 24.0 Å². The maximum atomic E-state index is 14.2. The Bertz CT molecular complexity index is 1790. The molecule has 0 bridgehead atoms. The van der Waals surface area contributed by atoms with Crippen molar-refractivity contribution in [2.45, 2.75) is 25.4 Å². The number of fused-ring (bicyclic) bond motifs is 1. The highest BCUT2D eigenvalue weighted by atomic mass is 19.3. The molecule has 214 valence electrons. The van der Waals surface area contributed by atoms with E-state index in [4.69, 9.17) is 5.73 Å². The molecular formula is C30H22F5N5O2. The third-order valence-corrected chi connectivity index (χ3v) is 6.59.